The van der Waals surface area contributed by atoms with Crippen LogP contribution in [0, 0.1) is 0 Å². The number of aromatic amines is 1. The fraction of sp³-hybridized carbons (Fsp3) is 0.200. The number of nitrogens with zero attached hydrogens (tertiary/aromatic N) is 7. The van der Waals surface area contributed by atoms with E-state index in [-0.39, 0.29) is 5.56 Å². The number of tetrazole rings is 1. The number of fused-ring (bicyclic) bond motifs is 1. The second-order valence-corrected chi connectivity index (χ2v) is 6.18. The van der Waals surface area contributed by atoms with Crippen LogP contribution >= 0.6 is 11.8 Å². The number of hydrogen-bond acceptors (Lipinski definition) is 7. The highest BCUT2D eigenvalue weighted by Gasteiger charge is 2.11. The molecule has 0 spiro atoms. The summed E-state index contributed by atoms with van der Waals surface area (Å²) in [7, 11) is 0. The first kappa shape index (κ1) is 15.5. The van der Waals surface area contributed by atoms with E-state index in [1.54, 1.807) is 4.68 Å². The molecule has 0 aliphatic heterocycles. The Morgan fingerprint density at radius 2 is 2.04 bits per heavy atom. The molecule has 0 radical (unpaired) electrons. The molecule has 3 heterocycles. The van der Waals surface area contributed by atoms with Crippen molar-refractivity contribution < 1.29 is 0 Å². The van der Waals surface area contributed by atoms with E-state index in [0.717, 1.165) is 11.5 Å². The summed E-state index contributed by atoms with van der Waals surface area (Å²) in [5, 5.41) is 15.3. The van der Waals surface area contributed by atoms with Gasteiger partial charge < -0.3 is 0 Å². The van der Waals surface area contributed by atoms with Gasteiger partial charge in [-0.05, 0) is 22.6 Å². The lowest BCUT2D eigenvalue weighted by molar-refractivity contribution is 0.756. The monoisotopic (exact) mass is 354 g/mol. The molecular formula is C15H14N8OS. The van der Waals surface area contributed by atoms with Crippen LogP contribution in [-0.2, 0) is 12.2 Å². The summed E-state index contributed by atoms with van der Waals surface area (Å²) in [6.45, 7) is 1.96. The molecule has 0 amide bonds. The number of para-hydroxylation sites is 1. The molecule has 126 valence electrons. The standard InChI is InChI=1S/C15H14N8OS/c1-2-12-17-14-16-10(8-13(24)23(14)19-12)9-25-15-18-20-21-22(15)11-6-4-3-5-7-11/h3-8H,2,9H2,1H3,(H,16,17,19). The second kappa shape index (κ2) is 6.48. The first-order chi connectivity index (χ1) is 12.2. The summed E-state index contributed by atoms with van der Waals surface area (Å²) in [4.78, 5) is 20.9. The van der Waals surface area contributed by atoms with Crippen LogP contribution < -0.4 is 5.56 Å². The number of aryl methyl sites for hydroxylation is 1. The van der Waals surface area contributed by atoms with E-state index in [4.69, 9.17) is 0 Å². The van der Waals surface area contributed by atoms with Gasteiger partial charge >= 0.3 is 0 Å². The highest BCUT2D eigenvalue weighted by Crippen LogP contribution is 2.21. The van der Waals surface area contributed by atoms with Crippen molar-refractivity contribution in [3.05, 3.63) is 58.3 Å². The van der Waals surface area contributed by atoms with Gasteiger partial charge in [-0.3, -0.25) is 9.89 Å². The highest BCUT2D eigenvalue weighted by atomic mass is 32.2. The van der Waals surface area contributed by atoms with Gasteiger partial charge in [0.15, 0.2) is 0 Å². The van der Waals surface area contributed by atoms with Gasteiger partial charge in [0.2, 0.25) is 5.16 Å². The summed E-state index contributed by atoms with van der Waals surface area (Å²) in [5.74, 6) is 1.57. The van der Waals surface area contributed by atoms with E-state index in [1.807, 2.05) is 37.3 Å². The zero-order valence-corrected chi connectivity index (χ0v) is 14.1. The first-order valence-corrected chi connectivity index (χ1v) is 8.67. The average Bonchev–Trinajstić information content (AvgIpc) is 3.27. The smallest absolute Gasteiger partial charge is 0.274 e. The Labute approximate surface area is 146 Å². The summed E-state index contributed by atoms with van der Waals surface area (Å²) < 4.78 is 3.00. The molecule has 0 atom stereocenters. The van der Waals surface area contributed by atoms with E-state index in [0.29, 0.717) is 28.8 Å². The summed E-state index contributed by atoms with van der Waals surface area (Å²) in [6.07, 6.45) is 0.707. The second-order valence-electron chi connectivity index (χ2n) is 5.24. The molecule has 4 aromatic rings. The molecule has 9 nitrogen and oxygen atoms in total. The number of thioether (sulfide) groups is 1. The Balaban J connectivity index is 1.59. The fourth-order valence-corrected chi connectivity index (χ4v) is 3.13. The lowest BCUT2D eigenvalue weighted by atomic mass is 10.3. The van der Waals surface area contributed by atoms with E-state index in [1.165, 1.54) is 22.3 Å². The van der Waals surface area contributed by atoms with E-state index >= 15 is 0 Å². The minimum Gasteiger partial charge on any atom is -0.275 e. The number of hydrogen-bond donors (Lipinski definition) is 1. The quantitative estimate of drug-likeness (QED) is 0.537. The van der Waals surface area contributed by atoms with Crippen LogP contribution in [-0.4, -0.2) is 39.8 Å². The van der Waals surface area contributed by atoms with Crippen LogP contribution in [0.3, 0.4) is 0 Å². The number of aromatic nitrogens is 8. The fourth-order valence-electron chi connectivity index (χ4n) is 2.34. The van der Waals surface area contributed by atoms with Gasteiger partial charge in [0.1, 0.15) is 5.82 Å². The van der Waals surface area contributed by atoms with Crippen LogP contribution in [0.2, 0.25) is 0 Å². The maximum atomic E-state index is 12.2. The minimum absolute atomic E-state index is 0.185. The summed E-state index contributed by atoms with van der Waals surface area (Å²) >= 11 is 1.41. The maximum Gasteiger partial charge on any atom is 0.274 e. The van der Waals surface area contributed by atoms with Gasteiger partial charge in [-0.1, -0.05) is 36.9 Å². The molecule has 4 rings (SSSR count). The third-order valence-corrected chi connectivity index (χ3v) is 4.51. The van der Waals surface area contributed by atoms with Crippen LogP contribution in [0.5, 0.6) is 0 Å². The predicted octanol–water partition coefficient (Wildman–Crippen LogP) is 1.25. The van der Waals surface area contributed by atoms with E-state index in [9.17, 15) is 4.79 Å². The molecule has 0 bridgehead atoms. The maximum absolute atomic E-state index is 12.2. The largest absolute Gasteiger partial charge is 0.275 e. The van der Waals surface area contributed by atoms with Gasteiger partial charge in [-0.2, -0.15) is 14.2 Å². The molecule has 1 N–H and O–H groups in total. The Morgan fingerprint density at radius 1 is 1.20 bits per heavy atom. The highest BCUT2D eigenvalue weighted by molar-refractivity contribution is 7.98. The van der Waals surface area contributed by atoms with Crippen molar-refractivity contribution in [2.45, 2.75) is 24.3 Å². The Hall–Kier alpha value is -3.01. The minimum atomic E-state index is -0.185. The SMILES string of the molecule is CCc1nc2nc(CSc3nnnn3-c3ccccc3)cc(=O)n2[nH]1. The average molecular weight is 354 g/mol. The normalized spacial score (nSPS) is 11.2. The van der Waals surface area contributed by atoms with Crippen molar-refractivity contribution in [3.8, 4) is 5.69 Å². The third-order valence-electron chi connectivity index (χ3n) is 3.56. The predicted molar refractivity (Wildman–Crippen MR) is 91.7 cm³/mol. The molecule has 0 aliphatic rings. The summed E-state index contributed by atoms with van der Waals surface area (Å²) in [6, 6.07) is 11.1. The molecule has 0 saturated carbocycles. The topological polar surface area (TPSA) is 107 Å². The van der Waals surface area contributed by atoms with Crippen molar-refractivity contribution in [1.82, 2.24) is 39.8 Å². The van der Waals surface area contributed by atoms with E-state index in [2.05, 4.69) is 30.6 Å². The number of rotatable bonds is 5. The first-order valence-electron chi connectivity index (χ1n) is 7.69. The molecule has 25 heavy (non-hydrogen) atoms. The van der Waals surface area contributed by atoms with Crippen molar-refractivity contribution in [2.75, 3.05) is 0 Å². The van der Waals surface area contributed by atoms with Gasteiger partial charge in [0, 0.05) is 18.2 Å². The van der Waals surface area contributed by atoms with Crippen LogP contribution in [0.15, 0.2) is 46.3 Å². The number of benzene rings is 1. The lowest BCUT2D eigenvalue weighted by Gasteiger charge is -2.03. The van der Waals surface area contributed by atoms with Crippen LogP contribution in [0.4, 0.5) is 0 Å². The molecule has 0 saturated heterocycles. The molecule has 3 aromatic heterocycles. The third kappa shape index (κ3) is 3.03. The molecule has 0 aliphatic carbocycles. The molecule has 0 fully saturated rings. The molecular weight excluding hydrogens is 340 g/mol. The zero-order valence-electron chi connectivity index (χ0n) is 13.3. The van der Waals surface area contributed by atoms with Gasteiger partial charge in [0.05, 0.1) is 11.4 Å². The van der Waals surface area contributed by atoms with Gasteiger partial charge in [0.25, 0.3) is 11.3 Å². The zero-order chi connectivity index (χ0) is 17.2. The Bertz CT molecular complexity index is 1070. The van der Waals surface area contributed by atoms with Crippen molar-refractivity contribution in [2.24, 2.45) is 0 Å². The van der Waals surface area contributed by atoms with Gasteiger partial charge in [-0.15, -0.1) is 5.10 Å². The molecule has 10 heteroatoms. The Morgan fingerprint density at radius 3 is 2.84 bits per heavy atom. The van der Waals surface area contributed by atoms with Crippen LogP contribution in [0.1, 0.15) is 18.4 Å². The van der Waals surface area contributed by atoms with Gasteiger partial charge in [-0.25, -0.2) is 4.98 Å². The van der Waals surface area contributed by atoms with Crippen molar-refractivity contribution in [3.63, 3.8) is 0 Å². The number of H-pyrrole nitrogens is 1. The molecule has 1 aromatic carbocycles. The van der Waals surface area contributed by atoms with Crippen molar-refractivity contribution >= 4 is 17.5 Å². The van der Waals surface area contributed by atoms with Crippen LogP contribution in [0.25, 0.3) is 11.5 Å². The van der Waals surface area contributed by atoms with E-state index < -0.39 is 0 Å². The Kier molecular flexibility index (Phi) is 4.02. The molecule has 0 unspecified atom stereocenters. The van der Waals surface area contributed by atoms with Crippen molar-refractivity contribution in [1.29, 1.82) is 0 Å². The lowest BCUT2D eigenvalue weighted by Crippen LogP contribution is -2.15. The number of nitrogens with one attached hydrogen (secondary N) is 1. The summed E-state index contributed by atoms with van der Waals surface area (Å²) in [5.41, 5.74) is 1.32.